The smallest absolute Gasteiger partial charge is 0.00680 e. The molecule has 0 bridgehead atoms. The first kappa shape index (κ1) is 10.9. The molecule has 2 heterocycles. The van der Waals surface area contributed by atoms with Crippen molar-refractivity contribution in [2.24, 2.45) is 0 Å². The molecule has 2 aromatic rings. The minimum Gasteiger partial charge on any atom is -0.338 e. The normalized spacial score (nSPS) is 10.4. The van der Waals surface area contributed by atoms with Crippen molar-refractivity contribution in [2.45, 2.75) is 19.8 Å². The molecule has 0 saturated carbocycles. The van der Waals surface area contributed by atoms with E-state index in [1.165, 1.54) is 5.56 Å². The largest absolute Gasteiger partial charge is 0.338 e. The second-order valence-electron chi connectivity index (χ2n) is 3.21. The van der Waals surface area contributed by atoms with Crippen LogP contribution in [0.25, 0.3) is 5.52 Å². The van der Waals surface area contributed by atoms with Gasteiger partial charge in [0.1, 0.15) is 0 Å². The molecule has 1 radical (unpaired) electrons. The first-order valence-corrected chi connectivity index (χ1v) is 4.14. The van der Waals surface area contributed by atoms with E-state index in [0.717, 1.165) is 5.52 Å². The van der Waals surface area contributed by atoms with Gasteiger partial charge in [-0.15, -0.1) is 12.3 Å². The Labute approximate surface area is 103 Å². The molecule has 0 aliphatic heterocycles. The molecule has 2 aromatic heterocycles. The number of hydrogen-bond donors (Lipinski definition) is 0. The van der Waals surface area contributed by atoms with E-state index in [9.17, 15) is 0 Å². The zero-order valence-corrected chi connectivity index (χ0v) is 10.7. The summed E-state index contributed by atoms with van der Waals surface area (Å²) >= 11 is 0. The summed E-state index contributed by atoms with van der Waals surface area (Å²) in [5.41, 5.74) is 2.35. The number of rotatable bonds is 1. The van der Waals surface area contributed by atoms with Crippen molar-refractivity contribution < 1.29 is 32.7 Å². The van der Waals surface area contributed by atoms with Crippen molar-refractivity contribution in [1.82, 2.24) is 9.61 Å². The second kappa shape index (κ2) is 4.34. The van der Waals surface area contributed by atoms with Crippen LogP contribution in [0, 0.1) is 6.20 Å². The molecule has 13 heavy (non-hydrogen) atoms. The van der Waals surface area contributed by atoms with E-state index in [1.54, 1.807) is 0 Å². The first-order valence-electron chi connectivity index (χ1n) is 4.14. The summed E-state index contributed by atoms with van der Waals surface area (Å²) in [6, 6.07) is 6.06. The van der Waals surface area contributed by atoms with Gasteiger partial charge in [-0.1, -0.05) is 31.3 Å². The molecule has 2 nitrogen and oxygen atoms in total. The van der Waals surface area contributed by atoms with Gasteiger partial charge in [-0.3, -0.25) is 0 Å². The summed E-state index contributed by atoms with van der Waals surface area (Å²) in [6.45, 7) is 4.31. The van der Waals surface area contributed by atoms with Crippen molar-refractivity contribution in [1.29, 1.82) is 0 Å². The monoisotopic (exact) mass is 248 g/mol. The fourth-order valence-corrected chi connectivity index (χ4v) is 1.32. The van der Waals surface area contributed by atoms with Gasteiger partial charge in [0.25, 0.3) is 0 Å². The number of hydrogen-bond acceptors (Lipinski definition) is 1. The van der Waals surface area contributed by atoms with Crippen LogP contribution in [0.15, 0.2) is 24.4 Å². The molecule has 0 amide bonds. The average Bonchev–Trinajstić information content (AvgIpc) is 2.47. The van der Waals surface area contributed by atoms with Crippen LogP contribution in [0.2, 0.25) is 0 Å². The van der Waals surface area contributed by atoms with E-state index in [0.29, 0.717) is 5.92 Å². The standard InChI is InChI=1S/C10H11N2.Y/c1-8(2)9-7-11-12-6-4-3-5-10(9)12;/h3-6,8H,1-2H3;/q-1;. The predicted molar refractivity (Wildman–Crippen MR) is 48.1 cm³/mol. The fraction of sp³-hybridized carbons (Fsp3) is 0.300. The summed E-state index contributed by atoms with van der Waals surface area (Å²) in [6.07, 6.45) is 4.97. The van der Waals surface area contributed by atoms with E-state index < -0.39 is 0 Å². The summed E-state index contributed by atoms with van der Waals surface area (Å²) in [4.78, 5) is 0. The van der Waals surface area contributed by atoms with Gasteiger partial charge in [0.05, 0.1) is 0 Å². The molecule has 0 aliphatic carbocycles. The zero-order chi connectivity index (χ0) is 8.55. The number of aromatic nitrogens is 2. The van der Waals surface area contributed by atoms with E-state index in [4.69, 9.17) is 0 Å². The van der Waals surface area contributed by atoms with Gasteiger partial charge in [0.2, 0.25) is 0 Å². The maximum Gasteiger partial charge on any atom is 0.00680 e. The Kier molecular flexibility index (Phi) is 3.63. The Balaban J connectivity index is 0.000000845. The van der Waals surface area contributed by atoms with Gasteiger partial charge in [-0.25, -0.2) is 0 Å². The number of nitrogens with zero attached hydrogens (tertiary/aromatic N) is 2. The minimum atomic E-state index is 0. The number of fused-ring (bicyclic) bond motifs is 1. The van der Waals surface area contributed by atoms with Crippen LogP contribution in [0.1, 0.15) is 25.3 Å². The molecule has 3 heteroatoms. The second-order valence-corrected chi connectivity index (χ2v) is 3.21. The zero-order valence-electron chi connectivity index (χ0n) is 7.86. The third-order valence-electron chi connectivity index (χ3n) is 1.97. The SMILES string of the molecule is CC(C)c1[c-]nn2ccccc12.[Y]. The van der Waals surface area contributed by atoms with Crippen LogP contribution in [0.4, 0.5) is 0 Å². The van der Waals surface area contributed by atoms with Crippen LogP contribution in [-0.2, 0) is 32.7 Å². The molecule has 0 N–H and O–H groups in total. The van der Waals surface area contributed by atoms with Crippen molar-refractivity contribution in [3.8, 4) is 0 Å². The molecule has 2 rings (SSSR count). The Bertz CT molecular complexity index is 392. The van der Waals surface area contributed by atoms with Gasteiger partial charge >= 0.3 is 0 Å². The first-order chi connectivity index (χ1) is 5.79. The maximum atomic E-state index is 4.13. The molecule has 65 valence electrons. The molecule has 0 saturated heterocycles. The van der Waals surface area contributed by atoms with Crippen molar-refractivity contribution in [3.63, 3.8) is 0 Å². The predicted octanol–water partition coefficient (Wildman–Crippen LogP) is 2.26. The molecule has 0 aliphatic rings. The molecule has 0 fully saturated rings. The quantitative estimate of drug-likeness (QED) is 0.707. The van der Waals surface area contributed by atoms with Crippen molar-refractivity contribution in [3.05, 3.63) is 36.2 Å². The minimum absolute atomic E-state index is 0. The Morgan fingerprint density at radius 1 is 1.38 bits per heavy atom. The van der Waals surface area contributed by atoms with Crippen LogP contribution < -0.4 is 0 Å². The average molecular weight is 248 g/mol. The van der Waals surface area contributed by atoms with Crippen LogP contribution in [-0.4, -0.2) is 9.61 Å². The van der Waals surface area contributed by atoms with Crippen LogP contribution >= 0.6 is 0 Å². The van der Waals surface area contributed by atoms with Gasteiger partial charge in [0, 0.05) is 38.9 Å². The number of pyridine rings is 1. The van der Waals surface area contributed by atoms with E-state index >= 15 is 0 Å². The van der Waals surface area contributed by atoms with Crippen molar-refractivity contribution >= 4 is 5.52 Å². The molecular weight excluding hydrogens is 237 g/mol. The van der Waals surface area contributed by atoms with E-state index in [-0.39, 0.29) is 32.7 Å². The Hall–Kier alpha value is -0.206. The Morgan fingerprint density at radius 3 is 2.85 bits per heavy atom. The summed E-state index contributed by atoms with van der Waals surface area (Å²) in [5.74, 6) is 0.491. The summed E-state index contributed by atoms with van der Waals surface area (Å²) < 4.78 is 1.86. The Morgan fingerprint density at radius 2 is 2.15 bits per heavy atom. The van der Waals surface area contributed by atoms with Crippen LogP contribution in [0.3, 0.4) is 0 Å². The van der Waals surface area contributed by atoms with Crippen LogP contribution in [0.5, 0.6) is 0 Å². The molecular formula is C10H11N2Y-. The third kappa shape index (κ3) is 2.00. The molecule has 0 atom stereocenters. The van der Waals surface area contributed by atoms with Gasteiger partial charge in [-0.2, -0.15) is 5.56 Å². The van der Waals surface area contributed by atoms with Crippen molar-refractivity contribution in [2.75, 3.05) is 0 Å². The van der Waals surface area contributed by atoms with E-state index in [2.05, 4.69) is 31.2 Å². The molecule has 0 spiro atoms. The summed E-state index contributed by atoms with van der Waals surface area (Å²) in [7, 11) is 0. The topological polar surface area (TPSA) is 17.3 Å². The van der Waals surface area contributed by atoms with Gasteiger partial charge in [0.15, 0.2) is 0 Å². The fourth-order valence-electron chi connectivity index (χ4n) is 1.32. The molecule has 0 unspecified atom stereocenters. The molecule has 0 aromatic carbocycles. The maximum absolute atomic E-state index is 4.13. The third-order valence-corrected chi connectivity index (χ3v) is 1.97. The van der Waals surface area contributed by atoms with Gasteiger partial charge in [-0.05, 0) is 6.07 Å². The van der Waals surface area contributed by atoms with Gasteiger partial charge < -0.3 is 9.61 Å². The van der Waals surface area contributed by atoms with E-state index in [1.807, 2.05) is 22.8 Å². The summed E-state index contributed by atoms with van der Waals surface area (Å²) in [5, 5.41) is 4.13.